The Morgan fingerprint density at radius 2 is 2.05 bits per heavy atom. The Labute approximate surface area is 125 Å². The van der Waals surface area contributed by atoms with Crippen molar-refractivity contribution in [2.45, 2.75) is 40.2 Å². The van der Waals surface area contributed by atoms with E-state index in [4.69, 9.17) is 0 Å². The van der Waals surface area contributed by atoms with Gasteiger partial charge in [-0.1, -0.05) is 36.7 Å². The fraction of sp³-hybridized carbons (Fsp3) is 0.625. The summed E-state index contributed by atoms with van der Waals surface area (Å²) in [5, 5.41) is 3.70. The van der Waals surface area contributed by atoms with Gasteiger partial charge in [0.1, 0.15) is 0 Å². The molecule has 1 aromatic carbocycles. The van der Waals surface area contributed by atoms with Gasteiger partial charge in [-0.05, 0) is 49.1 Å². The molecule has 0 spiro atoms. The number of aryl methyl sites for hydroxylation is 1. The average molecular weight is 325 g/mol. The second-order valence-corrected chi connectivity index (χ2v) is 7.46. The first-order valence-corrected chi connectivity index (χ1v) is 7.92. The standard InChI is InChI=1S/C16H25BrN2/c1-12-10-13(6-7-14(12)17)19-9-5-8-18-15(11-19)16(2,3)4/h6-7,10,15,18H,5,8-9,11H2,1-4H3. The van der Waals surface area contributed by atoms with Crippen molar-refractivity contribution >= 4 is 21.6 Å². The first-order valence-electron chi connectivity index (χ1n) is 7.12. The molecule has 0 aromatic heterocycles. The van der Waals surface area contributed by atoms with Gasteiger partial charge in [0.15, 0.2) is 0 Å². The molecule has 1 fully saturated rings. The van der Waals surface area contributed by atoms with Crippen molar-refractivity contribution in [2.24, 2.45) is 5.41 Å². The first kappa shape index (κ1) is 14.9. The van der Waals surface area contributed by atoms with Crippen LogP contribution in [0.2, 0.25) is 0 Å². The summed E-state index contributed by atoms with van der Waals surface area (Å²) in [6.45, 7) is 12.5. The zero-order valence-corrected chi connectivity index (χ0v) is 14.0. The summed E-state index contributed by atoms with van der Waals surface area (Å²) in [7, 11) is 0. The highest BCUT2D eigenvalue weighted by atomic mass is 79.9. The van der Waals surface area contributed by atoms with Crippen LogP contribution in [0.1, 0.15) is 32.8 Å². The molecule has 2 nitrogen and oxygen atoms in total. The molecule has 1 aliphatic rings. The Balaban J connectivity index is 2.20. The van der Waals surface area contributed by atoms with E-state index in [2.05, 4.69) is 72.0 Å². The molecule has 1 atom stereocenters. The number of benzene rings is 1. The molecule has 19 heavy (non-hydrogen) atoms. The maximum absolute atomic E-state index is 3.70. The maximum Gasteiger partial charge on any atom is 0.0370 e. The Morgan fingerprint density at radius 1 is 1.32 bits per heavy atom. The number of nitrogens with one attached hydrogen (secondary N) is 1. The largest absolute Gasteiger partial charge is 0.370 e. The summed E-state index contributed by atoms with van der Waals surface area (Å²) in [5.74, 6) is 0. The molecular weight excluding hydrogens is 300 g/mol. The van der Waals surface area contributed by atoms with E-state index in [9.17, 15) is 0 Å². The van der Waals surface area contributed by atoms with Crippen molar-refractivity contribution in [1.29, 1.82) is 0 Å². The van der Waals surface area contributed by atoms with Crippen LogP contribution in [0.3, 0.4) is 0 Å². The molecule has 1 saturated heterocycles. The Hall–Kier alpha value is -0.540. The van der Waals surface area contributed by atoms with E-state index in [0.29, 0.717) is 11.5 Å². The molecular formula is C16H25BrN2. The van der Waals surface area contributed by atoms with Crippen molar-refractivity contribution < 1.29 is 0 Å². The van der Waals surface area contributed by atoms with E-state index in [-0.39, 0.29) is 0 Å². The molecule has 0 saturated carbocycles. The highest BCUT2D eigenvalue weighted by Crippen LogP contribution is 2.27. The molecule has 1 aliphatic heterocycles. The van der Waals surface area contributed by atoms with Crippen LogP contribution in [0.4, 0.5) is 5.69 Å². The summed E-state index contributed by atoms with van der Waals surface area (Å²) in [6.07, 6.45) is 1.21. The molecule has 1 heterocycles. The smallest absolute Gasteiger partial charge is 0.0370 e. The predicted molar refractivity (Wildman–Crippen MR) is 87.0 cm³/mol. The van der Waals surface area contributed by atoms with Crippen LogP contribution in [0.5, 0.6) is 0 Å². The number of rotatable bonds is 1. The third-order valence-corrected chi connectivity index (χ3v) is 4.84. The lowest BCUT2D eigenvalue weighted by molar-refractivity contribution is 0.280. The van der Waals surface area contributed by atoms with Gasteiger partial charge in [-0.2, -0.15) is 0 Å². The van der Waals surface area contributed by atoms with Gasteiger partial charge in [0, 0.05) is 29.3 Å². The fourth-order valence-electron chi connectivity index (χ4n) is 2.56. The van der Waals surface area contributed by atoms with E-state index in [1.54, 1.807) is 0 Å². The number of hydrogen-bond acceptors (Lipinski definition) is 2. The molecule has 1 aromatic rings. The molecule has 1 N–H and O–H groups in total. The SMILES string of the molecule is Cc1cc(N2CCCNC(C(C)(C)C)C2)ccc1Br. The van der Waals surface area contributed by atoms with Gasteiger partial charge < -0.3 is 10.2 Å². The van der Waals surface area contributed by atoms with Gasteiger partial charge in [-0.25, -0.2) is 0 Å². The zero-order valence-electron chi connectivity index (χ0n) is 12.5. The van der Waals surface area contributed by atoms with Crippen LogP contribution < -0.4 is 10.2 Å². The monoisotopic (exact) mass is 324 g/mol. The third-order valence-electron chi connectivity index (χ3n) is 3.95. The highest BCUT2D eigenvalue weighted by molar-refractivity contribution is 9.10. The minimum absolute atomic E-state index is 0.299. The molecule has 106 valence electrons. The van der Waals surface area contributed by atoms with E-state index < -0.39 is 0 Å². The molecule has 0 aliphatic carbocycles. The highest BCUT2D eigenvalue weighted by Gasteiger charge is 2.28. The zero-order chi connectivity index (χ0) is 14.0. The van der Waals surface area contributed by atoms with Crippen molar-refractivity contribution in [1.82, 2.24) is 5.32 Å². The van der Waals surface area contributed by atoms with E-state index in [1.165, 1.54) is 22.1 Å². The quantitative estimate of drug-likeness (QED) is 0.840. The summed E-state index contributed by atoms with van der Waals surface area (Å²) in [5.41, 5.74) is 2.95. The molecule has 0 amide bonds. The topological polar surface area (TPSA) is 15.3 Å². The number of anilines is 1. The summed E-state index contributed by atoms with van der Waals surface area (Å²) >= 11 is 3.58. The van der Waals surface area contributed by atoms with E-state index in [0.717, 1.165) is 19.6 Å². The van der Waals surface area contributed by atoms with Gasteiger partial charge >= 0.3 is 0 Å². The fourth-order valence-corrected chi connectivity index (χ4v) is 2.81. The second kappa shape index (κ2) is 5.84. The normalized spacial score (nSPS) is 21.3. The van der Waals surface area contributed by atoms with Crippen LogP contribution in [0.25, 0.3) is 0 Å². The van der Waals surface area contributed by atoms with E-state index in [1.807, 2.05) is 0 Å². The Kier molecular flexibility index (Phi) is 4.57. The number of hydrogen-bond donors (Lipinski definition) is 1. The predicted octanol–water partition coefficient (Wildman–Crippen LogP) is 3.97. The van der Waals surface area contributed by atoms with Crippen molar-refractivity contribution in [2.75, 3.05) is 24.5 Å². The van der Waals surface area contributed by atoms with E-state index >= 15 is 0 Å². The average Bonchev–Trinajstić information content (AvgIpc) is 2.58. The van der Waals surface area contributed by atoms with Crippen LogP contribution in [0, 0.1) is 12.3 Å². The Bertz CT molecular complexity index is 437. The minimum Gasteiger partial charge on any atom is -0.370 e. The lowest BCUT2D eigenvalue weighted by Crippen LogP contribution is -2.46. The summed E-state index contributed by atoms with van der Waals surface area (Å²) in [4.78, 5) is 2.52. The lowest BCUT2D eigenvalue weighted by Gasteiger charge is -2.34. The minimum atomic E-state index is 0.299. The molecule has 1 unspecified atom stereocenters. The molecule has 3 heteroatoms. The number of nitrogens with zero attached hydrogens (tertiary/aromatic N) is 1. The van der Waals surface area contributed by atoms with Crippen molar-refractivity contribution in [3.63, 3.8) is 0 Å². The van der Waals surface area contributed by atoms with Crippen molar-refractivity contribution in [3.05, 3.63) is 28.2 Å². The van der Waals surface area contributed by atoms with Gasteiger partial charge in [-0.15, -0.1) is 0 Å². The maximum atomic E-state index is 3.70. The molecule has 0 bridgehead atoms. The second-order valence-electron chi connectivity index (χ2n) is 6.61. The summed E-state index contributed by atoms with van der Waals surface area (Å²) < 4.78 is 1.19. The Morgan fingerprint density at radius 3 is 2.68 bits per heavy atom. The first-order chi connectivity index (χ1) is 8.88. The third kappa shape index (κ3) is 3.73. The lowest BCUT2D eigenvalue weighted by atomic mass is 9.86. The van der Waals surface area contributed by atoms with Gasteiger partial charge in [-0.3, -0.25) is 0 Å². The van der Waals surface area contributed by atoms with Crippen LogP contribution in [-0.4, -0.2) is 25.7 Å². The van der Waals surface area contributed by atoms with Crippen LogP contribution >= 0.6 is 15.9 Å². The number of halogens is 1. The molecule has 0 radical (unpaired) electrons. The van der Waals surface area contributed by atoms with Crippen LogP contribution in [-0.2, 0) is 0 Å². The van der Waals surface area contributed by atoms with Crippen molar-refractivity contribution in [3.8, 4) is 0 Å². The van der Waals surface area contributed by atoms with Crippen LogP contribution in [0.15, 0.2) is 22.7 Å². The summed E-state index contributed by atoms with van der Waals surface area (Å²) in [6, 6.07) is 7.21. The van der Waals surface area contributed by atoms with Gasteiger partial charge in [0.25, 0.3) is 0 Å². The van der Waals surface area contributed by atoms with Gasteiger partial charge in [0.2, 0.25) is 0 Å². The van der Waals surface area contributed by atoms with Gasteiger partial charge in [0.05, 0.1) is 0 Å². The molecule has 2 rings (SSSR count).